The highest BCUT2D eigenvalue weighted by molar-refractivity contribution is 6.43. The average molecular weight is 345 g/mol. The summed E-state index contributed by atoms with van der Waals surface area (Å²) in [6.07, 6.45) is 4.92. The maximum Gasteiger partial charge on any atom is 0.311 e. The fourth-order valence-electron chi connectivity index (χ4n) is 2.36. The van der Waals surface area contributed by atoms with Crippen molar-refractivity contribution in [3.63, 3.8) is 0 Å². The molecule has 0 atom stereocenters. The smallest absolute Gasteiger partial charge is 0.311 e. The van der Waals surface area contributed by atoms with E-state index in [0.29, 0.717) is 11.4 Å². The van der Waals surface area contributed by atoms with Crippen molar-refractivity contribution in [3.05, 3.63) is 28.2 Å². The summed E-state index contributed by atoms with van der Waals surface area (Å²) in [5.74, 6) is -0.467. The molecular weight excluding hydrogens is 327 g/mol. The lowest BCUT2D eigenvalue weighted by atomic mass is 10.2. The Bertz CT molecular complexity index is 539. The van der Waals surface area contributed by atoms with Crippen molar-refractivity contribution in [2.45, 2.75) is 51.0 Å². The van der Waals surface area contributed by atoms with E-state index in [1.165, 1.54) is 0 Å². The van der Waals surface area contributed by atoms with E-state index in [1.54, 1.807) is 18.2 Å². The lowest BCUT2D eigenvalue weighted by molar-refractivity contribution is -0.148. The molecule has 0 N–H and O–H groups in total. The largest absolute Gasteiger partial charge is 0.462 e. The molecule has 0 aromatic heterocycles. The van der Waals surface area contributed by atoms with Crippen molar-refractivity contribution >= 4 is 35.1 Å². The molecule has 0 aliphatic heterocycles. The van der Waals surface area contributed by atoms with Gasteiger partial charge in [0.2, 0.25) is 0 Å². The first kappa shape index (κ1) is 17.1. The molecular formula is C16H18Cl2O4. The number of carbonyl (C=O) groups excluding carboxylic acids is 2. The van der Waals surface area contributed by atoms with Crippen LogP contribution in [0.2, 0.25) is 10.0 Å². The third kappa shape index (κ3) is 5.18. The number of halogens is 2. The van der Waals surface area contributed by atoms with Gasteiger partial charge in [0, 0.05) is 12.8 Å². The van der Waals surface area contributed by atoms with E-state index in [0.717, 1.165) is 25.7 Å². The molecule has 1 aliphatic rings. The van der Waals surface area contributed by atoms with Crippen LogP contribution in [0.15, 0.2) is 18.2 Å². The van der Waals surface area contributed by atoms with E-state index >= 15 is 0 Å². The Morgan fingerprint density at radius 1 is 1.09 bits per heavy atom. The van der Waals surface area contributed by atoms with Crippen LogP contribution in [-0.4, -0.2) is 18.0 Å². The van der Waals surface area contributed by atoms with Crippen LogP contribution in [0.5, 0.6) is 5.75 Å². The molecule has 0 heterocycles. The van der Waals surface area contributed by atoms with Crippen molar-refractivity contribution in [1.82, 2.24) is 0 Å². The summed E-state index contributed by atoms with van der Waals surface area (Å²) in [6, 6.07) is 4.83. The molecule has 0 bridgehead atoms. The van der Waals surface area contributed by atoms with E-state index in [4.69, 9.17) is 32.7 Å². The van der Waals surface area contributed by atoms with Crippen molar-refractivity contribution in [3.8, 4) is 5.75 Å². The summed E-state index contributed by atoms with van der Waals surface area (Å²) in [4.78, 5) is 23.4. The standard InChI is InChI=1S/C16H18Cl2O4/c17-12-7-3-8-13(16(12)18)22-15(20)10-4-9-14(19)21-11-5-1-2-6-11/h3,7-8,11H,1-2,4-6,9-10H2. The van der Waals surface area contributed by atoms with E-state index in [2.05, 4.69) is 0 Å². The minimum Gasteiger partial charge on any atom is -0.462 e. The van der Waals surface area contributed by atoms with Crippen LogP contribution in [0.1, 0.15) is 44.9 Å². The highest BCUT2D eigenvalue weighted by Crippen LogP contribution is 2.31. The van der Waals surface area contributed by atoms with Crippen LogP contribution in [0.4, 0.5) is 0 Å². The fourth-order valence-corrected chi connectivity index (χ4v) is 2.70. The molecule has 4 nitrogen and oxygen atoms in total. The second kappa shape index (κ2) is 8.39. The van der Waals surface area contributed by atoms with Gasteiger partial charge >= 0.3 is 11.9 Å². The van der Waals surface area contributed by atoms with Gasteiger partial charge in [-0.25, -0.2) is 0 Å². The summed E-state index contributed by atoms with van der Waals surface area (Å²) in [7, 11) is 0. The first-order chi connectivity index (χ1) is 10.6. The molecule has 1 aliphatic carbocycles. The zero-order valence-corrected chi connectivity index (χ0v) is 13.7. The molecule has 1 aromatic carbocycles. The van der Waals surface area contributed by atoms with Crippen molar-refractivity contribution in [2.75, 3.05) is 0 Å². The summed E-state index contributed by atoms with van der Waals surface area (Å²) in [5.41, 5.74) is 0. The van der Waals surface area contributed by atoms with Gasteiger partial charge in [-0.2, -0.15) is 0 Å². The highest BCUT2D eigenvalue weighted by atomic mass is 35.5. The van der Waals surface area contributed by atoms with Gasteiger partial charge < -0.3 is 9.47 Å². The summed E-state index contributed by atoms with van der Waals surface area (Å²) >= 11 is 11.8. The normalized spacial score (nSPS) is 14.8. The Morgan fingerprint density at radius 3 is 2.50 bits per heavy atom. The molecule has 0 saturated heterocycles. The van der Waals surface area contributed by atoms with Gasteiger partial charge in [-0.3, -0.25) is 9.59 Å². The fraction of sp³-hybridized carbons (Fsp3) is 0.500. The third-order valence-corrected chi connectivity index (χ3v) is 4.30. The zero-order valence-electron chi connectivity index (χ0n) is 12.1. The molecule has 22 heavy (non-hydrogen) atoms. The van der Waals surface area contributed by atoms with Crippen LogP contribution in [0, 0.1) is 0 Å². The Labute approximate surface area is 139 Å². The number of ether oxygens (including phenoxy) is 2. The van der Waals surface area contributed by atoms with Gasteiger partial charge in [0.25, 0.3) is 0 Å². The quantitative estimate of drug-likeness (QED) is 0.560. The molecule has 2 rings (SSSR count). The molecule has 0 amide bonds. The molecule has 0 radical (unpaired) electrons. The minimum absolute atomic E-state index is 0.0599. The van der Waals surface area contributed by atoms with Crippen molar-refractivity contribution in [2.24, 2.45) is 0 Å². The molecule has 1 aromatic rings. The van der Waals surface area contributed by atoms with Gasteiger partial charge in [-0.1, -0.05) is 29.3 Å². The first-order valence-corrected chi connectivity index (χ1v) is 8.16. The van der Waals surface area contributed by atoms with Gasteiger partial charge in [-0.15, -0.1) is 0 Å². The maximum atomic E-state index is 11.7. The van der Waals surface area contributed by atoms with E-state index in [-0.39, 0.29) is 35.7 Å². The van der Waals surface area contributed by atoms with Crippen LogP contribution in [0.3, 0.4) is 0 Å². The molecule has 6 heteroatoms. The highest BCUT2D eigenvalue weighted by Gasteiger charge is 2.19. The predicted octanol–water partition coefficient (Wildman–Crippen LogP) is 4.55. The van der Waals surface area contributed by atoms with Crippen LogP contribution in [-0.2, 0) is 14.3 Å². The van der Waals surface area contributed by atoms with Crippen LogP contribution in [0.25, 0.3) is 0 Å². The molecule has 0 spiro atoms. The van der Waals surface area contributed by atoms with Gasteiger partial charge in [0.05, 0.1) is 5.02 Å². The Morgan fingerprint density at radius 2 is 1.77 bits per heavy atom. The van der Waals surface area contributed by atoms with E-state index in [9.17, 15) is 9.59 Å². The SMILES string of the molecule is O=C(CCCC(=O)OC1CCCC1)Oc1cccc(Cl)c1Cl. The Kier molecular flexibility index (Phi) is 6.52. The average Bonchev–Trinajstić information content (AvgIpc) is 2.96. The second-order valence-corrected chi connectivity index (χ2v) is 6.06. The summed E-state index contributed by atoms with van der Waals surface area (Å²) in [6.45, 7) is 0. The van der Waals surface area contributed by atoms with Gasteiger partial charge in [0.15, 0.2) is 5.75 Å². The predicted molar refractivity (Wildman–Crippen MR) is 84.3 cm³/mol. The summed E-state index contributed by atoms with van der Waals surface area (Å²) < 4.78 is 10.5. The van der Waals surface area contributed by atoms with Crippen molar-refractivity contribution in [1.29, 1.82) is 0 Å². The molecule has 1 fully saturated rings. The van der Waals surface area contributed by atoms with Gasteiger partial charge in [0.1, 0.15) is 11.1 Å². The number of hydrogen-bond donors (Lipinski definition) is 0. The lowest BCUT2D eigenvalue weighted by Crippen LogP contribution is -2.15. The van der Waals surface area contributed by atoms with E-state index < -0.39 is 5.97 Å². The number of hydrogen-bond acceptors (Lipinski definition) is 4. The topological polar surface area (TPSA) is 52.6 Å². The number of benzene rings is 1. The molecule has 120 valence electrons. The third-order valence-electron chi connectivity index (χ3n) is 3.50. The first-order valence-electron chi connectivity index (χ1n) is 7.40. The second-order valence-electron chi connectivity index (χ2n) is 5.28. The van der Waals surface area contributed by atoms with Crippen LogP contribution < -0.4 is 4.74 Å². The monoisotopic (exact) mass is 344 g/mol. The lowest BCUT2D eigenvalue weighted by Gasteiger charge is -2.11. The number of rotatable bonds is 6. The maximum absolute atomic E-state index is 11.7. The Hall–Kier alpha value is -1.26. The summed E-state index contributed by atoms with van der Waals surface area (Å²) in [5, 5.41) is 0.533. The van der Waals surface area contributed by atoms with E-state index in [1.807, 2.05) is 0 Å². The van der Waals surface area contributed by atoms with Gasteiger partial charge in [-0.05, 0) is 44.2 Å². The minimum atomic E-state index is -0.446. The Balaban J connectivity index is 1.69. The molecule has 0 unspecified atom stereocenters. The zero-order chi connectivity index (χ0) is 15.9. The number of esters is 2. The number of carbonyl (C=O) groups is 2. The van der Waals surface area contributed by atoms with Crippen LogP contribution >= 0.6 is 23.2 Å². The van der Waals surface area contributed by atoms with Crippen molar-refractivity contribution < 1.29 is 19.1 Å². The molecule has 1 saturated carbocycles.